The predicted molar refractivity (Wildman–Crippen MR) is 73.2 cm³/mol. The van der Waals surface area contributed by atoms with E-state index in [9.17, 15) is 0 Å². The minimum atomic E-state index is 0.746. The molecule has 0 radical (unpaired) electrons. The monoisotopic (exact) mass is 253 g/mol. The lowest BCUT2D eigenvalue weighted by atomic mass is 9.79. The van der Waals surface area contributed by atoms with Crippen LogP contribution in [0.2, 0.25) is 0 Å². The van der Waals surface area contributed by atoms with Crippen LogP contribution in [0.5, 0.6) is 0 Å². The Morgan fingerprint density at radius 1 is 1.35 bits per heavy atom. The zero-order chi connectivity index (χ0) is 11.9. The van der Waals surface area contributed by atoms with Gasteiger partial charge in [-0.15, -0.1) is 11.3 Å². The van der Waals surface area contributed by atoms with E-state index in [4.69, 9.17) is 5.73 Å². The summed E-state index contributed by atoms with van der Waals surface area (Å²) in [5.74, 6) is 1.54. The van der Waals surface area contributed by atoms with Crippen LogP contribution in [0.4, 0.5) is 0 Å². The van der Waals surface area contributed by atoms with E-state index in [1.807, 2.05) is 5.51 Å². The van der Waals surface area contributed by atoms with Gasteiger partial charge in [0.25, 0.3) is 0 Å². The topological polar surface area (TPSA) is 50.9 Å². The molecule has 3 N–H and O–H groups in total. The Morgan fingerprint density at radius 2 is 2.18 bits per heavy atom. The van der Waals surface area contributed by atoms with Crippen LogP contribution < -0.4 is 11.1 Å². The first-order valence-corrected chi connectivity index (χ1v) is 7.62. The summed E-state index contributed by atoms with van der Waals surface area (Å²) >= 11 is 1.67. The summed E-state index contributed by atoms with van der Waals surface area (Å²) < 4.78 is 0. The molecule has 17 heavy (non-hydrogen) atoms. The maximum Gasteiger partial charge on any atom is 0.0794 e. The van der Waals surface area contributed by atoms with Gasteiger partial charge in [-0.05, 0) is 37.8 Å². The SMILES string of the molecule is NCC1CCCCC1CNCCc1cscn1. The highest BCUT2D eigenvalue weighted by atomic mass is 32.1. The summed E-state index contributed by atoms with van der Waals surface area (Å²) in [6, 6.07) is 0. The molecule has 0 aromatic carbocycles. The fourth-order valence-corrected chi connectivity index (χ4v) is 3.32. The molecule has 1 aromatic rings. The van der Waals surface area contributed by atoms with Crippen LogP contribution in [-0.2, 0) is 6.42 Å². The van der Waals surface area contributed by atoms with Crippen molar-refractivity contribution < 1.29 is 0 Å². The molecule has 2 unspecified atom stereocenters. The largest absolute Gasteiger partial charge is 0.330 e. The molecule has 2 atom stereocenters. The molecule has 3 nitrogen and oxygen atoms in total. The lowest BCUT2D eigenvalue weighted by Crippen LogP contribution is -2.35. The highest BCUT2D eigenvalue weighted by Crippen LogP contribution is 2.28. The first-order valence-electron chi connectivity index (χ1n) is 6.68. The van der Waals surface area contributed by atoms with E-state index in [2.05, 4.69) is 15.7 Å². The van der Waals surface area contributed by atoms with Crippen molar-refractivity contribution in [2.75, 3.05) is 19.6 Å². The molecule has 1 aliphatic rings. The third-order valence-corrected chi connectivity index (χ3v) is 4.45. The summed E-state index contributed by atoms with van der Waals surface area (Å²) in [5, 5.41) is 5.70. The van der Waals surface area contributed by atoms with Crippen molar-refractivity contribution in [3.63, 3.8) is 0 Å². The molecule has 1 fully saturated rings. The van der Waals surface area contributed by atoms with E-state index in [1.54, 1.807) is 11.3 Å². The molecule has 4 heteroatoms. The third kappa shape index (κ3) is 4.05. The van der Waals surface area contributed by atoms with Gasteiger partial charge >= 0.3 is 0 Å². The standard InChI is InChI=1S/C13H23N3S/c14-7-11-3-1-2-4-12(11)8-15-6-5-13-9-17-10-16-13/h9-12,15H,1-8,14H2. The lowest BCUT2D eigenvalue weighted by Gasteiger charge is -2.30. The summed E-state index contributed by atoms with van der Waals surface area (Å²) in [7, 11) is 0. The first-order chi connectivity index (χ1) is 8.40. The molecule has 2 rings (SSSR count). The predicted octanol–water partition coefficient (Wildman–Crippen LogP) is 2.04. The minimum absolute atomic E-state index is 0.746. The number of hydrogen-bond acceptors (Lipinski definition) is 4. The Hall–Kier alpha value is -0.450. The Bertz CT molecular complexity index is 300. The molecule has 0 saturated heterocycles. The number of nitrogens with one attached hydrogen (secondary N) is 1. The van der Waals surface area contributed by atoms with E-state index < -0.39 is 0 Å². The van der Waals surface area contributed by atoms with Crippen LogP contribution in [-0.4, -0.2) is 24.6 Å². The second-order valence-corrected chi connectivity index (χ2v) is 5.69. The van der Waals surface area contributed by atoms with Crippen LogP contribution in [0.15, 0.2) is 10.9 Å². The molecule has 0 spiro atoms. The summed E-state index contributed by atoms with van der Waals surface area (Å²) in [6.45, 7) is 3.03. The van der Waals surface area contributed by atoms with Crippen LogP contribution in [0, 0.1) is 11.8 Å². The Labute approximate surface area is 108 Å². The molecular weight excluding hydrogens is 230 g/mol. The number of rotatable bonds is 6. The molecular formula is C13H23N3S. The second-order valence-electron chi connectivity index (χ2n) is 4.97. The van der Waals surface area contributed by atoms with Gasteiger partial charge in [-0.3, -0.25) is 0 Å². The normalized spacial score (nSPS) is 25.0. The van der Waals surface area contributed by atoms with Gasteiger partial charge < -0.3 is 11.1 Å². The van der Waals surface area contributed by atoms with Crippen LogP contribution >= 0.6 is 11.3 Å². The Balaban J connectivity index is 1.63. The maximum absolute atomic E-state index is 5.84. The van der Waals surface area contributed by atoms with Crippen molar-refractivity contribution in [2.45, 2.75) is 32.1 Å². The second kappa shape index (κ2) is 7.09. The van der Waals surface area contributed by atoms with Crippen LogP contribution in [0.1, 0.15) is 31.4 Å². The average molecular weight is 253 g/mol. The van der Waals surface area contributed by atoms with Crippen molar-refractivity contribution in [3.8, 4) is 0 Å². The molecule has 1 aromatic heterocycles. The zero-order valence-electron chi connectivity index (χ0n) is 10.4. The molecule has 1 aliphatic carbocycles. The summed E-state index contributed by atoms with van der Waals surface area (Å²) in [4.78, 5) is 4.29. The quantitative estimate of drug-likeness (QED) is 0.763. The average Bonchev–Trinajstić information content (AvgIpc) is 2.88. The van der Waals surface area contributed by atoms with Crippen LogP contribution in [0.25, 0.3) is 0 Å². The molecule has 0 aliphatic heterocycles. The van der Waals surface area contributed by atoms with Gasteiger partial charge in [0.1, 0.15) is 0 Å². The molecule has 0 amide bonds. The van der Waals surface area contributed by atoms with E-state index in [0.717, 1.165) is 37.9 Å². The number of thiazole rings is 1. The number of nitrogens with zero attached hydrogens (tertiary/aromatic N) is 1. The number of nitrogens with two attached hydrogens (primary N) is 1. The van der Waals surface area contributed by atoms with Gasteiger partial charge in [0, 0.05) is 18.3 Å². The number of hydrogen-bond donors (Lipinski definition) is 2. The summed E-state index contributed by atoms with van der Waals surface area (Å²) in [6.07, 6.45) is 6.48. The van der Waals surface area contributed by atoms with E-state index in [-0.39, 0.29) is 0 Å². The van der Waals surface area contributed by atoms with E-state index >= 15 is 0 Å². The van der Waals surface area contributed by atoms with Crippen molar-refractivity contribution in [3.05, 3.63) is 16.6 Å². The first kappa shape index (κ1) is 13.0. The summed E-state index contributed by atoms with van der Waals surface area (Å²) in [5.41, 5.74) is 8.95. The fraction of sp³-hybridized carbons (Fsp3) is 0.769. The zero-order valence-corrected chi connectivity index (χ0v) is 11.2. The molecule has 1 saturated carbocycles. The van der Waals surface area contributed by atoms with Crippen molar-refractivity contribution in [1.82, 2.24) is 10.3 Å². The van der Waals surface area contributed by atoms with Crippen LogP contribution in [0.3, 0.4) is 0 Å². The van der Waals surface area contributed by atoms with E-state index in [1.165, 1.54) is 31.4 Å². The fourth-order valence-electron chi connectivity index (χ4n) is 2.73. The van der Waals surface area contributed by atoms with Crippen molar-refractivity contribution in [1.29, 1.82) is 0 Å². The third-order valence-electron chi connectivity index (χ3n) is 3.82. The maximum atomic E-state index is 5.84. The van der Waals surface area contributed by atoms with Gasteiger partial charge in [-0.2, -0.15) is 0 Å². The van der Waals surface area contributed by atoms with Crippen molar-refractivity contribution in [2.24, 2.45) is 17.6 Å². The highest BCUT2D eigenvalue weighted by Gasteiger charge is 2.23. The van der Waals surface area contributed by atoms with E-state index in [0.29, 0.717) is 0 Å². The van der Waals surface area contributed by atoms with Gasteiger partial charge in [-0.1, -0.05) is 12.8 Å². The number of aromatic nitrogens is 1. The van der Waals surface area contributed by atoms with Gasteiger partial charge in [0.15, 0.2) is 0 Å². The smallest absolute Gasteiger partial charge is 0.0794 e. The van der Waals surface area contributed by atoms with Gasteiger partial charge in [-0.25, -0.2) is 4.98 Å². The Morgan fingerprint density at radius 3 is 2.88 bits per heavy atom. The van der Waals surface area contributed by atoms with Crippen molar-refractivity contribution >= 4 is 11.3 Å². The molecule has 96 valence electrons. The molecule has 0 bridgehead atoms. The molecule has 1 heterocycles. The lowest BCUT2D eigenvalue weighted by molar-refractivity contribution is 0.236. The Kier molecular flexibility index (Phi) is 5.42. The minimum Gasteiger partial charge on any atom is -0.330 e. The van der Waals surface area contributed by atoms with Gasteiger partial charge in [0.2, 0.25) is 0 Å². The highest BCUT2D eigenvalue weighted by molar-refractivity contribution is 7.07. The van der Waals surface area contributed by atoms with Gasteiger partial charge in [0.05, 0.1) is 11.2 Å².